The van der Waals surface area contributed by atoms with Crippen LogP contribution in [0.2, 0.25) is 0 Å². The van der Waals surface area contributed by atoms with E-state index in [4.69, 9.17) is 0 Å². The lowest BCUT2D eigenvalue weighted by molar-refractivity contribution is 0.0755. The lowest BCUT2D eigenvalue weighted by Crippen LogP contribution is -2.46. The first-order chi connectivity index (χ1) is 20.6. The summed E-state index contributed by atoms with van der Waals surface area (Å²) < 4.78 is 28.0. The number of nitrogens with zero attached hydrogens (tertiary/aromatic N) is 1. The number of benzene rings is 3. The number of aliphatic hydroxyl groups excluding tert-OH is 1. The zero-order chi connectivity index (χ0) is 31.4. The lowest BCUT2D eigenvalue weighted by Gasteiger charge is -2.25. The minimum absolute atomic E-state index is 0.0264. The maximum Gasteiger partial charge on any atom is 0.253 e. The van der Waals surface area contributed by atoms with Crippen LogP contribution in [0, 0.1) is 18.6 Å². The summed E-state index contributed by atoms with van der Waals surface area (Å²) in [5, 5.41) is 17.4. The van der Waals surface area contributed by atoms with Crippen LogP contribution in [-0.2, 0) is 19.4 Å². The average Bonchev–Trinajstić information content (AvgIpc) is 2.97. The Hall–Kier alpha value is -3.62. The lowest BCUT2D eigenvalue weighted by atomic mass is 9.97. The number of rotatable bonds is 16. The molecule has 6 nitrogen and oxygen atoms in total. The van der Waals surface area contributed by atoms with E-state index in [2.05, 4.69) is 29.7 Å². The SMILES string of the molecule is CCCN(CCC)C(=O)c1cc(C)cc(C(=O)N[C@@H](Cc2cc(F)cc(F)c2)[C@H](O)CCNCc2ccccc2CC)c1. The highest BCUT2D eigenvalue weighted by Crippen LogP contribution is 2.17. The molecule has 0 fully saturated rings. The Morgan fingerprint density at radius 2 is 1.51 bits per heavy atom. The topological polar surface area (TPSA) is 81.7 Å². The molecule has 43 heavy (non-hydrogen) atoms. The second kappa shape index (κ2) is 16.9. The molecule has 3 aromatic carbocycles. The van der Waals surface area contributed by atoms with Crippen molar-refractivity contribution in [1.82, 2.24) is 15.5 Å². The summed E-state index contributed by atoms with van der Waals surface area (Å²) in [6.45, 7) is 10.3. The predicted molar refractivity (Wildman–Crippen MR) is 167 cm³/mol. The third-order valence-electron chi connectivity index (χ3n) is 7.45. The third kappa shape index (κ3) is 10.3. The largest absolute Gasteiger partial charge is 0.391 e. The van der Waals surface area contributed by atoms with Gasteiger partial charge in [-0.15, -0.1) is 0 Å². The summed E-state index contributed by atoms with van der Waals surface area (Å²) in [7, 11) is 0. The molecule has 232 valence electrons. The first-order valence-electron chi connectivity index (χ1n) is 15.3. The van der Waals surface area contributed by atoms with Gasteiger partial charge in [-0.3, -0.25) is 9.59 Å². The number of halogens is 2. The second-order valence-corrected chi connectivity index (χ2v) is 11.1. The van der Waals surface area contributed by atoms with E-state index < -0.39 is 29.7 Å². The Labute approximate surface area is 254 Å². The number of nitrogens with one attached hydrogen (secondary N) is 2. The average molecular weight is 594 g/mol. The molecule has 0 aliphatic heterocycles. The normalized spacial score (nSPS) is 12.5. The van der Waals surface area contributed by atoms with Gasteiger partial charge in [0.2, 0.25) is 0 Å². The molecule has 0 unspecified atom stereocenters. The Morgan fingerprint density at radius 1 is 0.884 bits per heavy atom. The summed E-state index contributed by atoms with van der Waals surface area (Å²) in [6, 6.07) is 15.5. The maximum atomic E-state index is 14.0. The molecule has 2 atom stereocenters. The maximum absolute atomic E-state index is 14.0. The van der Waals surface area contributed by atoms with Crippen LogP contribution in [0.4, 0.5) is 8.78 Å². The van der Waals surface area contributed by atoms with Gasteiger partial charge in [-0.25, -0.2) is 8.78 Å². The van der Waals surface area contributed by atoms with E-state index in [9.17, 15) is 23.5 Å². The minimum Gasteiger partial charge on any atom is -0.391 e. The van der Waals surface area contributed by atoms with Crippen LogP contribution in [-0.4, -0.2) is 53.6 Å². The van der Waals surface area contributed by atoms with Crippen molar-refractivity contribution in [1.29, 1.82) is 0 Å². The monoisotopic (exact) mass is 593 g/mol. The molecule has 3 N–H and O–H groups in total. The van der Waals surface area contributed by atoms with Crippen molar-refractivity contribution in [3.05, 3.63) is 106 Å². The van der Waals surface area contributed by atoms with Crippen molar-refractivity contribution in [2.45, 2.75) is 78.5 Å². The van der Waals surface area contributed by atoms with E-state index in [0.717, 1.165) is 30.9 Å². The number of carbonyl (C=O) groups excluding carboxylic acids is 2. The van der Waals surface area contributed by atoms with Crippen molar-refractivity contribution in [3.8, 4) is 0 Å². The smallest absolute Gasteiger partial charge is 0.253 e. The molecular weight excluding hydrogens is 548 g/mol. The molecule has 0 aliphatic carbocycles. The first-order valence-corrected chi connectivity index (χ1v) is 15.3. The molecule has 0 aromatic heterocycles. The molecule has 0 saturated carbocycles. The van der Waals surface area contributed by atoms with Crippen LogP contribution in [0.3, 0.4) is 0 Å². The zero-order valence-electron chi connectivity index (χ0n) is 25.8. The summed E-state index contributed by atoms with van der Waals surface area (Å²) in [5.74, 6) is -2.06. The number of hydrogen-bond donors (Lipinski definition) is 3. The van der Waals surface area contributed by atoms with Crippen LogP contribution < -0.4 is 10.6 Å². The van der Waals surface area contributed by atoms with Crippen LogP contribution in [0.5, 0.6) is 0 Å². The summed E-state index contributed by atoms with van der Waals surface area (Å²) in [4.78, 5) is 28.5. The van der Waals surface area contributed by atoms with Gasteiger partial charge in [0.05, 0.1) is 12.1 Å². The van der Waals surface area contributed by atoms with Crippen molar-refractivity contribution in [2.75, 3.05) is 19.6 Å². The van der Waals surface area contributed by atoms with Gasteiger partial charge in [0.1, 0.15) is 11.6 Å². The Bertz CT molecular complexity index is 1340. The third-order valence-corrected chi connectivity index (χ3v) is 7.45. The van der Waals surface area contributed by atoms with E-state index in [1.807, 2.05) is 32.9 Å². The highest BCUT2D eigenvalue weighted by atomic mass is 19.1. The quantitative estimate of drug-likeness (QED) is 0.179. The zero-order valence-corrected chi connectivity index (χ0v) is 25.8. The van der Waals surface area contributed by atoms with E-state index in [0.29, 0.717) is 43.7 Å². The molecular formula is C35H45F2N3O3. The number of hydrogen-bond acceptors (Lipinski definition) is 4. The van der Waals surface area contributed by atoms with Gasteiger partial charge in [-0.1, -0.05) is 45.0 Å². The Balaban J connectivity index is 1.77. The Kier molecular flexibility index (Phi) is 13.3. The highest BCUT2D eigenvalue weighted by Gasteiger charge is 2.24. The van der Waals surface area contributed by atoms with E-state index in [1.54, 1.807) is 23.1 Å². The summed E-state index contributed by atoms with van der Waals surface area (Å²) >= 11 is 0. The van der Waals surface area contributed by atoms with Crippen molar-refractivity contribution in [2.24, 2.45) is 0 Å². The fraction of sp³-hybridized carbons (Fsp3) is 0.429. The summed E-state index contributed by atoms with van der Waals surface area (Å²) in [6.07, 6.45) is 1.90. The van der Waals surface area contributed by atoms with E-state index >= 15 is 0 Å². The van der Waals surface area contributed by atoms with E-state index in [-0.39, 0.29) is 17.9 Å². The molecule has 8 heteroatoms. The van der Waals surface area contributed by atoms with Crippen molar-refractivity contribution in [3.63, 3.8) is 0 Å². The molecule has 0 bridgehead atoms. The van der Waals surface area contributed by atoms with Crippen LogP contribution >= 0.6 is 0 Å². The fourth-order valence-electron chi connectivity index (χ4n) is 5.34. The van der Waals surface area contributed by atoms with Gasteiger partial charge in [-0.05, 0) is 98.2 Å². The molecule has 0 spiro atoms. The van der Waals surface area contributed by atoms with Crippen LogP contribution in [0.1, 0.15) is 83.0 Å². The van der Waals surface area contributed by atoms with Crippen molar-refractivity contribution >= 4 is 11.8 Å². The van der Waals surface area contributed by atoms with Gasteiger partial charge in [0.15, 0.2) is 0 Å². The molecule has 2 amide bonds. The standard InChI is InChI=1S/C35H45F2N3O3/c1-5-14-40(15-6-2)35(43)29-17-24(4)16-28(21-29)34(42)39-32(20-25-18-30(36)22-31(37)19-25)33(41)12-13-38-23-27-11-9-8-10-26(27)7-3/h8-11,16-19,21-22,32-33,38,41H,5-7,12-15,20,23H2,1-4H3,(H,39,42)/t32-,33+/m0/s1. The van der Waals surface area contributed by atoms with Gasteiger partial charge in [0.25, 0.3) is 11.8 Å². The molecule has 0 saturated heterocycles. The fourth-order valence-corrected chi connectivity index (χ4v) is 5.34. The van der Waals surface area contributed by atoms with Crippen molar-refractivity contribution < 1.29 is 23.5 Å². The van der Waals surface area contributed by atoms with Crippen LogP contribution in [0.15, 0.2) is 60.7 Å². The van der Waals surface area contributed by atoms with Gasteiger partial charge in [-0.2, -0.15) is 0 Å². The van der Waals surface area contributed by atoms with Gasteiger partial charge in [0, 0.05) is 36.8 Å². The van der Waals surface area contributed by atoms with Gasteiger partial charge < -0.3 is 20.6 Å². The first kappa shape index (κ1) is 33.9. The second-order valence-electron chi connectivity index (χ2n) is 11.1. The number of carbonyl (C=O) groups is 2. The molecule has 3 aromatic rings. The molecule has 0 heterocycles. The summed E-state index contributed by atoms with van der Waals surface area (Å²) in [5.41, 5.74) is 4.21. The molecule has 0 radical (unpaired) electrons. The Morgan fingerprint density at radius 3 is 2.14 bits per heavy atom. The number of aryl methyl sites for hydroxylation is 2. The van der Waals surface area contributed by atoms with Gasteiger partial charge >= 0.3 is 0 Å². The van der Waals surface area contributed by atoms with E-state index in [1.165, 1.54) is 23.3 Å². The molecule has 3 rings (SSSR count). The minimum atomic E-state index is -1.00. The van der Waals surface area contributed by atoms with Crippen LogP contribution in [0.25, 0.3) is 0 Å². The number of aliphatic hydroxyl groups is 1. The highest BCUT2D eigenvalue weighted by molar-refractivity contribution is 6.00. The predicted octanol–water partition coefficient (Wildman–Crippen LogP) is 5.98. The number of amides is 2. The molecule has 0 aliphatic rings.